The maximum atomic E-state index is 12.1. The van der Waals surface area contributed by atoms with Gasteiger partial charge in [0.05, 0.1) is 43.5 Å². The number of hydrogen-bond donors (Lipinski definition) is 0. The molecule has 2 aliphatic rings. The molecule has 0 spiro atoms. The average Bonchev–Trinajstić information content (AvgIpc) is 3.05. The van der Waals surface area contributed by atoms with E-state index in [2.05, 4.69) is 4.99 Å². The molecule has 2 fully saturated rings. The third-order valence-corrected chi connectivity index (χ3v) is 7.37. The minimum Gasteiger partial charge on any atom is -0.497 e. The number of ether oxygens (including phenoxy) is 2. The summed E-state index contributed by atoms with van der Waals surface area (Å²) in [5.41, 5.74) is 0.605. The zero-order chi connectivity index (χ0) is 18.9. The van der Waals surface area contributed by atoms with Gasteiger partial charge in [-0.1, -0.05) is 11.8 Å². The van der Waals surface area contributed by atoms with Crippen LogP contribution in [0.2, 0.25) is 0 Å². The molecule has 0 unspecified atom stereocenters. The van der Waals surface area contributed by atoms with E-state index in [0.29, 0.717) is 22.4 Å². The Morgan fingerprint density at radius 2 is 2.15 bits per heavy atom. The Morgan fingerprint density at radius 1 is 1.38 bits per heavy atom. The number of anilines is 1. The molecule has 0 aliphatic carbocycles. The molecule has 8 nitrogen and oxygen atoms in total. The number of nitriles is 1. The summed E-state index contributed by atoms with van der Waals surface area (Å²) in [5.74, 6) is 0.520. The molecule has 0 bridgehead atoms. The van der Waals surface area contributed by atoms with Gasteiger partial charge in [0.2, 0.25) is 0 Å². The van der Waals surface area contributed by atoms with Gasteiger partial charge in [0.15, 0.2) is 15.0 Å². The first-order chi connectivity index (χ1) is 12.4. The van der Waals surface area contributed by atoms with Crippen LogP contribution in [0.15, 0.2) is 23.2 Å². The lowest BCUT2D eigenvalue weighted by Crippen LogP contribution is -2.38. The van der Waals surface area contributed by atoms with Crippen molar-refractivity contribution in [2.24, 2.45) is 4.99 Å². The van der Waals surface area contributed by atoms with E-state index >= 15 is 0 Å². The van der Waals surface area contributed by atoms with Crippen molar-refractivity contribution >= 4 is 38.4 Å². The summed E-state index contributed by atoms with van der Waals surface area (Å²) in [6.45, 7) is 0. The lowest BCUT2D eigenvalue weighted by Gasteiger charge is -2.26. The second-order valence-electron chi connectivity index (χ2n) is 5.83. The number of methoxy groups -OCH3 is 2. The number of aliphatic imine (C=N–C) groups is 1. The lowest BCUT2D eigenvalue weighted by molar-refractivity contribution is -0.116. The van der Waals surface area contributed by atoms with E-state index in [9.17, 15) is 13.2 Å². The number of rotatable bonds is 4. The van der Waals surface area contributed by atoms with Crippen LogP contribution in [-0.4, -0.2) is 56.5 Å². The number of amidine groups is 1. The summed E-state index contributed by atoms with van der Waals surface area (Å²) in [6, 6.07) is 6.59. The minimum absolute atomic E-state index is 0.0225. The number of hydrogen-bond acceptors (Lipinski definition) is 7. The molecule has 1 aromatic rings. The second-order valence-corrected chi connectivity index (χ2v) is 9.19. The van der Waals surface area contributed by atoms with Gasteiger partial charge in [-0.2, -0.15) is 10.3 Å². The number of benzene rings is 1. The first-order valence-electron chi connectivity index (χ1n) is 7.75. The topological polar surface area (TPSA) is 109 Å². The van der Waals surface area contributed by atoms with Crippen molar-refractivity contribution in [1.29, 1.82) is 5.26 Å². The summed E-state index contributed by atoms with van der Waals surface area (Å²) < 4.78 is 34.8. The Bertz CT molecular complexity index is 907. The molecule has 26 heavy (non-hydrogen) atoms. The van der Waals surface area contributed by atoms with E-state index in [1.54, 1.807) is 29.2 Å². The molecular formula is C16H17N3O5S2. The molecule has 1 amide bonds. The fourth-order valence-corrected chi connectivity index (χ4v) is 6.97. The van der Waals surface area contributed by atoms with Crippen molar-refractivity contribution in [3.63, 3.8) is 0 Å². The normalized spacial score (nSPS) is 25.0. The number of nitrogens with zero attached hydrogens (tertiary/aromatic N) is 3. The van der Waals surface area contributed by atoms with E-state index in [4.69, 9.17) is 14.7 Å². The highest BCUT2D eigenvalue weighted by Crippen LogP contribution is 2.44. The minimum atomic E-state index is -3.16. The van der Waals surface area contributed by atoms with Crippen LogP contribution in [0, 0.1) is 11.3 Å². The highest BCUT2D eigenvalue weighted by atomic mass is 32.2. The molecule has 3 rings (SSSR count). The molecule has 2 aliphatic heterocycles. The predicted molar refractivity (Wildman–Crippen MR) is 98.5 cm³/mol. The van der Waals surface area contributed by atoms with Crippen LogP contribution in [0.5, 0.6) is 11.5 Å². The van der Waals surface area contributed by atoms with Crippen molar-refractivity contribution in [2.75, 3.05) is 30.6 Å². The van der Waals surface area contributed by atoms with Crippen molar-refractivity contribution in [3.05, 3.63) is 18.2 Å². The number of amides is 1. The van der Waals surface area contributed by atoms with Gasteiger partial charge in [-0.25, -0.2) is 8.42 Å². The van der Waals surface area contributed by atoms with Gasteiger partial charge in [0.1, 0.15) is 17.9 Å². The highest BCUT2D eigenvalue weighted by Gasteiger charge is 2.50. The summed E-state index contributed by atoms with van der Waals surface area (Å²) in [4.78, 5) is 17.6. The molecule has 138 valence electrons. The zero-order valence-corrected chi connectivity index (χ0v) is 15.8. The molecule has 2 saturated heterocycles. The molecule has 0 radical (unpaired) electrons. The van der Waals surface area contributed by atoms with Crippen LogP contribution in [0.25, 0.3) is 0 Å². The number of carbonyl (C=O) groups excluding carboxylic acids is 1. The van der Waals surface area contributed by atoms with Crippen molar-refractivity contribution in [2.45, 2.75) is 17.7 Å². The fraction of sp³-hybridized carbons (Fsp3) is 0.438. The summed E-state index contributed by atoms with van der Waals surface area (Å²) in [6.07, 6.45) is -0.328. The monoisotopic (exact) mass is 395 g/mol. The first-order valence-corrected chi connectivity index (χ1v) is 10.5. The fourth-order valence-electron chi connectivity index (χ4n) is 3.04. The number of sulfone groups is 1. The van der Waals surface area contributed by atoms with Crippen LogP contribution in [0.4, 0.5) is 5.69 Å². The van der Waals surface area contributed by atoms with Gasteiger partial charge < -0.3 is 14.4 Å². The van der Waals surface area contributed by atoms with E-state index < -0.39 is 15.7 Å². The summed E-state index contributed by atoms with van der Waals surface area (Å²) >= 11 is 1.25. The summed E-state index contributed by atoms with van der Waals surface area (Å²) in [5, 5.41) is 8.86. The molecule has 0 aromatic heterocycles. The van der Waals surface area contributed by atoms with Crippen LogP contribution >= 0.6 is 11.8 Å². The zero-order valence-electron chi connectivity index (χ0n) is 14.2. The largest absolute Gasteiger partial charge is 0.497 e. The third kappa shape index (κ3) is 3.50. The number of thioether (sulfide) groups is 1. The van der Waals surface area contributed by atoms with Crippen molar-refractivity contribution < 1.29 is 22.7 Å². The van der Waals surface area contributed by atoms with Crippen LogP contribution in [-0.2, 0) is 14.6 Å². The Balaban J connectivity index is 2.07. The van der Waals surface area contributed by atoms with E-state index in [-0.39, 0.29) is 29.2 Å². The molecule has 10 heteroatoms. The quantitative estimate of drug-likeness (QED) is 0.749. The smallest absolute Gasteiger partial charge is 0.262 e. The van der Waals surface area contributed by atoms with Gasteiger partial charge in [-0.05, 0) is 12.1 Å². The maximum Gasteiger partial charge on any atom is 0.262 e. The molecule has 1 aromatic carbocycles. The number of fused-ring (bicyclic) bond motifs is 1. The van der Waals surface area contributed by atoms with E-state index in [1.807, 2.05) is 0 Å². The predicted octanol–water partition coefficient (Wildman–Crippen LogP) is 1.22. The average molecular weight is 395 g/mol. The van der Waals surface area contributed by atoms with Crippen molar-refractivity contribution in [1.82, 2.24) is 0 Å². The van der Waals surface area contributed by atoms with E-state index in [1.165, 1.54) is 26.0 Å². The Morgan fingerprint density at radius 3 is 2.81 bits per heavy atom. The molecular weight excluding hydrogens is 378 g/mol. The standard InChI is InChI=1S/C16H17N3O5S2/c1-23-10-3-4-11(13(7-10)24-2)19-12-8-26(21,22)9-14(12)25-16(19)18-15(20)5-6-17/h3-4,7,12,14H,5,8-9H2,1-2H3/t12-,14-/m1/s1. The maximum absolute atomic E-state index is 12.1. The molecule has 2 atom stereocenters. The lowest BCUT2D eigenvalue weighted by atomic mass is 10.2. The van der Waals surface area contributed by atoms with Gasteiger partial charge in [-0.15, -0.1) is 0 Å². The van der Waals surface area contributed by atoms with Crippen LogP contribution in [0.3, 0.4) is 0 Å². The number of carbonyl (C=O) groups is 1. The summed E-state index contributed by atoms with van der Waals surface area (Å²) in [7, 11) is -0.124. The van der Waals surface area contributed by atoms with E-state index in [0.717, 1.165) is 0 Å². The highest BCUT2D eigenvalue weighted by molar-refractivity contribution is 8.16. The molecule has 2 heterocycles. The van der Waals surface area contributed by atoms with Gasteiger partial charge in [0, 0.05) is 11.3 Å². The van der Waals surface area contributed by atoms with Gasteiger partial charge in [0.25, 0.3) is 5.91 Å². The third-order valence-electron chi connectivity index (χ3n) is 4.16. The van der Waals surface area contributed by atoms with Gasteiger partial charge >= 0.3 is 0 Å². The Labute approximate surface area is 155 Å². The van der Waals surface area contributed by atoms with Gasteiger partial charge in [-0.3, -0.25) is 4.79 Å². The Hall–Kier alpha value is -2.25. The second kappa shape index (κ2) is 7.17. The molecule has 0 N–H and O–H groups in total. The first kappa shape index (κ1) is 18.5. The molecule has 0 saturated carbocycles. The van der Waals surface area contributed by atoms with Crippen molar-refractivity contribution in [3.8, 4) is 17.6 Å². The van der Waals surface area contributed by atoms with Crippen LogP contribution < -0.4 is 14.4 Å². The SMILES string of the molecule is COc1ccc(N2C(=NC(=O)CC#N)S[C@@H]3CS(=O)(=O)C[C@H]32)c(OC)c1. The Kier molecular flexibility index (Phi) is 5.11. The van der Waals surface area contributed by atoms with Crippen LogP contribution in [0.1, 0.15) is 6.42 Å².